The third kappa shape index (κ3) is 6.71. The van der Waals surface area contributed by atoms with E-state index in [1.165, 1.54) is 25.5 Å². The van der Waals surface area contributed by atoms with Gasteiger partial charge in [0.05, 0.1) is 23.8 Å². The maximum atomic E-state index is 14.4. The van der Waals surface area contributed by atoms with Crippen LogP contribution in [0.25, 0.3) is 0 Å². The van der Waals surface area contributed by atoms with Crippen LogP contribution in [0.5, 0.6) is 0 Å². The van der Waals surface area contributed by atoms with Crippen molar-refractivity contribution in [2.45, 2.75) is 91.7 Å². The minimum Gasteiger partial charge on any atom is -0.376 e. The number of hydrogen-bond acceptors (Lipinski definition) is 6. The van der Waals surface area contributed by atoms with E-state index in [1.807, 2.05) is 16.7 Å². The lowest BCUT2D eigenvalue weighted by Crippen LogP contribution is -2.65. The summed E-state index contributed by atoms with van der Waals surface area (Å²) in [6.07, 6.45) is 10.5. The number of H-pyrrole nitrogens is 1. The first-order valence-electron chi connectivity index (χ1n) is 17.6. The van der Waals surface area contributed by atoms with Crippen LogP contribution < -0.4 is 5.32 Å². The molecular formula is C35H54N6O5. The van der Waals surface area contributed by atoms with Gasteiger partial charge in [-0.15, -0.1) is 0 Å². The van der Waals surface area contributed by atoms with E-state index >= 15 is 0 Å². The standard InChI is InChI=1S/C35H54N6O5/c1-22-11-23(2)16-39(15-22)33(45)29(24(3)46-18-25-9-7-6-8-10-25)38-30(42)28-17-40(31(43)26-13-36-37-14-26)19-35(28)20-41(21-35)32(44)27-12-34(27,4)5/h13-14,22-25,27-29H,6-12,15-21H2,1-5H3,(H,36,37)(H,38,42)/t22-,23+,24-,27-,28?,29+/m1/s1. The molecule has 2 N–H and O–H groups in total. The summed E-state index contributed by atoms with van der Waals surface area (Å²) < 4.78 is 6.38. The van der Waals surface area contributed by atoms with Crippen LogP contribution in [0.15, 0.2) is 12.4 Å². The van der Waals surface area contributed by atoms with Gasteiger partial charge in [0, 0.05) is 63.4 Å². The molecule has 0 radical (unpaired) electrons. The number of hydrogen-bond donors (Lipinski definition) is 2. The molecule has 6 rings (SSSR count). The molecule has 6 atom stereocenters. The van der Waals surface area contributed by atoms with Gasteiger partial charge in [0.2, 0.25) is 17.7 Å². The van der Waals surface area contributed by atoms with Crippen LogP contribution in [0.2, 0.25) is 0 Å². The number of carbonyl (C=O) groups excluding carboxylic acids is 4. The van der Waals surface area contributed by atoms with Crippen molar-refractivity contribution in [1.82, 2.24) is 30.2 Å². The van der Waals surface area contributed by atoms with Gasteiger partial charge in [-0.1, -0.05) is 47.0 Å². The molecule has 5 aliphatic rings. The van der Waals surface area contributed by atoms with Crippen LogP contribution in [0, 0.1) is 40.4 Å². The van der Waals surface area contributed by atoms with E-state index in [2.05, 4.69) is 43.2 Å². The third-order valence-corrected chi connectivity index (χ3v) is 11.7. The lowest BCUT2D eigenvalue weighted by Gasteiger charge is -2.50. The lowest BCUT2D eigenvalue weighted by atomic mass is 9.70. The minimum absolute atomic E-state index is 0.0143. The van der Waals surface area contributed by atoms with Crippen molar-refractivity contribution in [2.24, 2.45) is 40.4 Å². The number of amides is 4. The summed E-state index contributed by atoms with van der Waals surface area (Å²) in [5, 5.41) is 9.81. The number of nitrogens with one attached hydrogen (secondary N) is 2. The van der Waals surface area contributed by atoms with Crippen molar-refractivity contribution in [1.29, 1.82) is 0 Å². The Morgan fingerprint density at radius 1 is 0.978 bits per heavy atom. The minimum atomic E-state index is -0.825. The maximum absolute atomic E-state index is 14.4. The van der Waals surface area contributed by atoms with E-state index in [-0.39, 0.29) is 41.5 Å². The second-order valence-electron chi connectivity index (χ2n) is 16.2. The smallest absolute Gasteiger partial charge is 0.257 e. The number of piperidine rings is 1. The number of likely N-dealkylation sites (tertiary alicyclic amines) is 3. The number of nitrogens with zero attached hydrogens (tertiary/aromatic N) is 4. The van der Waals surface area contributed by atoms with Gasteiger partial charge in [0.25, 0.3) is 5.91 Å². The zero-order valence-electron chi connectivity index (χ0n) is 28.4. The molecule has 1 spiro atoms. The highest BCUT2D eigenvalue weighted by molar-refractivity contribution is 5.95. The van der Waals surface area contributed by atoms with Gasteiger partial charge in [-0.25, -0.2) is 0 Å². The average molecular weight is 639 g/mol. The van der Waals surface area contributed by atoms with Gasteiger partial charge in [-0.05, 0) is 55.8 Å². The Kier molecular flexibility index (Phi) is 9.26. The largest absolute Gasteiger partial charge is 0.376 e. The van der Waals surface area contributed by atoms with E-state index < -0.39 is 23.5 Å². The van der Waals surface area contributed by atoms with Crippen molar-refractivity contribution < 1.29 is 23.9 Å². The summed E-state index contributed by atoms with van der Waals surface area (Å²) in [6.45, 7) is 13.9. The Balaban J connectivity index is 1.20. The summed E-state index contributed by atoms with van der Waals surface area (Å²) >= 11 is 0. The Morgan fingerprint density at radius 2 is 1.63 bits per heavy atom. The predicted octanol–water partition coefficient (Wildman–Crippen LogP) is 3.33. The van der Waals surface area contributed by atoms with Crippen molar-refractivity contribution in [3.05, 3.63) is 18.0 Å². The molecule has 0 aromatic carbocycles. The molecule has 3 aliphatic heterocycles. The molecule has 5 fully saturated rings. The molecule has 4 heterocycles. The molecule has 2 saturated carbocycles. The molecule has 254 valence electrons. The number of carbonyl (C=O) groups is 4. The van der Waals surface area contributed by atoms with E-state index in [4.69, 9.17) is 4.74 Å². The summed E-state index contributed by atoms with van der Waals surface area (Å²) in [5.41, 5.74) is -0.110. The van der Waals surface area contributed by atoms with E-state index in [1.54, 1.807) is 11.1 Å². The Labute approximate surface area is 273 Å². The zero-order valence-corrected chi connectivity index (χ0v) is 28.4. The van der Waals surface area contributed by atoms with Gasteiger partial charge in [0.1, 0.15) is 6.04 Å². The number of aromatic nitrogens is 2. The van der Waals surface area contributed by atoms with Crippen LogP contribution in [-0.4, -0.2) is 107 Å². The molecule has 11 heteroatoms. The highest BCUT2D eigenvalue weighted by atomic mass is 16.5. The normalized spacial score (nSPS) is 30.1. The Hall–Kier alpha value is -2.95. The topological polar surface area (TPSA) is 128 Å². The molecule has 11 nitrogen and oxygen atoms in total. The first-order chi connectivity index (χ1) is 21.9. The van der Waals surface area contributed by atoms with Crippen molar-refractivity contribution in [3.63, 3.8) is 0 Å². The fraction of sp³-hybridized carbons (Fsp3) is 0.800. The van der Waals surface area contributed by atoms with Crippen molar-refractivity contribution >= 4 is 23.6 Å². The highest BCUT2D eigenvalue weighted by Gasteiger charge is 2.62. The van der Waals surface area contributed by atoms with Crippen molar-refractivity contribution in [2.75, 3.05) is 45.9 Å². The Morgan fingerprint density at radius 3 is 2.24 bits per heavy atom. The summed E-state index contributed by atoms with van der Waals surface area (Å²) in [6, 6.07) is -0.825. The fourth-order valence-corrected chi connectivity index (χ4v) is 8.75. The molecule has 4 amide bonds. The van der Waals surface area contributed by atoms with Crippen LogP contribution in [0.4, 0.5) is 0 Å². The molecule has 3 saturated heterocycles. The van der Waals surface area contributed by atoms with Crippen LogP contribution >= 0.6 is 0 Å². The van der Waals surface area contributed by atoms with Crippen LogP contribution in [0.1, 0.15) is 89.9 Å². The van der Waals surface area contributed by atoms with Gasteiger partial charge < -0.3 is 24.8 Å². The molecule has 1 aromatic heterocycles. The Bertz CT molecular complexity index is 1280. The molecule has 1 aromatic rings. The second kappa shape index (κ2) is 12.9. The molecule has 1 unspecified atom stereocenters. The SMILES string of the molecule is C[C@@H]1C[C@H](C)CN(C(=O)[C@@H](NC(=O)C2CN(C(=O)c3cn[nH]c3)CC23CN(C(=O)[C@H]2CC2(C)C)C3)[C@@H](C)OCC2CCCCC2)C1. The van der Waals surface area contributed by atoms with Crippen molar-refractivity contribution in [3.8, 4) is 0 Å². The molecule has 0 bridgehead atoms. The quantitative estimate of drug-likeness (QED) is 0.427. The number of aromatic amines is 1. The van der Waals surface area contributed by atoms with E-state index in [0.29, 0.717) is 62.6 Å². The second-order valence-corrected chi connectivity index (χ2v) is 16.2. The van der Waals surface area contributed by atoms with Gasteiger partial charge in [-0.2, -0.15) is 5.10 Å². The average Bonchev–Trinajstić information content (AvgIpc) is 3.38. The zero-order chi connectivity index (χ0) is 32.8. The maximum Gasteiger partial charge on any atom is 0.257 e. The van der Waals surface area contributed by atoms with Gasteiger partial charge in [-0.3, -0.25) is 24.3 Å². The third-order valence-electron chi connectivity index (χ3n) is 11.7. The summed E-state index contributed by atoms with van der Waals surface area (Å²) in [7, 11) is 0. The predicted molar refractivity (Wildman–Crippen MR) is 172 cm³/mol. The van der Waals surface area contributed by atoms with E-state index in [9.17, 15) is 19.2 Å². The monoisotopic (exact) mass is 638 g/mol. The highest BCUT2D eigenvalue weighted by Crippen LogP contribution is 2.54. The summed E-state index contributed by atoms with van der Waals surface area (Å²) in [4.78, 5) is 60.8. The van der Waals surface area contributed by atoms with Gasteiger partial charge in [0.15, 0.2) is 0 Å². The lowest BCUT2D eigenvalue weighted by molar-refractivity contribution is -0.153. The first-order valence-corrected chi connectivity index (χ1v) is 17.6. The first kappa shape index (κ1) is 33.0. The number of ether oxygens (including phenoxy) is 1. The molecule has 46 heavy (non-hydrogen) atoms. The molecular weight excluding hydrogens is 584 g/mol. The van der Waals surface area contributed by atoms with Crippen LogP contribution in [0.3, 0.4) is 0 Å². The van der Waals surface area contributed by atoms with E-state index in [0.717, 1.165) is 25.7 Å². The fourth-order valence-electron chi connectivity index (χ4n) is 8.75. The summed E-state index contributed by atoms with van der Waals surface area (Å²) in [5.74, 6) is 0.323. The number of rotatable bonds is 9. The van der Waals surface area contributed by atoms with Gasteiger partial charge >= 0.3 is 0 Å². The molecule has 2 aliphatic carbocycles. The van der Waals surface area contributed by atoms with Crippen LogP contribution in [-0.2, 0) is 19.1 Å².